The number of hydrogen-bond acceptors (Lipinski definition) is 5. The summed E-state index contributed by atoms with van der Waals surface area (Å²) in [5.74, 6) is 2.52. The number of hydrogen-bond donors (Lipinski definition) is 1. The minimum absolute atomic E-state index is 0.180. The van der Waals surface area contributed by atoms with Crippen LogP contribution >= 0.6 is 0 Å². The molecule has 0 unspecified atom stereocenters. The van der Waals surface area contributed by atoms with Crippen LogP contribution in [0.2, 0.25) is 0 Å². The minimum Gasteiger partial charge on any atom is -0.353 e. The number of likely N-dealkylation sites (N-methyl/N-ethyl adjacent to an activating group) is 1. The van der Waals surface area contributed by atoms with Crippen molar-refractivity contribution < 1.29 is 0 Å². The number of benzene rings is 1. The van der Waals surface area contributed by atoms with Gasteiger partial charge in [-0.25, -0.2) is 4.98 Å². The standard InChI is InChI=1S/C20H27N5/c1-3-25(4-2)14-13-21-19-23-17-16-7-5-15(6-8-16)9-10-20(11-12-20)18(22-17)24-19/h5-8H,3-4,9-14H2,1-2H3,(H,21,22,23,24). The van der Waals surface area contributed by atoms with Gasteiger partial charge >= 0.3 is 0 Å². The second kappa shape index (κ2) is 6.71. The van der Waals surface area contributed by atoms with Crippen molar-refractivity contribution >= 4 is 5.95 Å². The Morgan fingerprint density at radius 2 is 1.76 bits per heavy atom. The Morgan fingerprint density at radius 1 is 1.00 bits per heavy atom. The summed E-state index contributed by atoms with van der Waals surface area (Å²) in [6.45, 7) is 8.39. The van der Waals surface area contributed by atoms with Crippen LogP contribution in [0, 0.1) is 0 Å². The van der Waals surface area contributed by atoms with Gasteiger partial charge < -0.3 is 10.2 Å². The summed E-state index contributed by atoms with van der Waals surface area (Å²) in [5.41, 5.74) is 2.66. The van der Waals surface area contributed by atoms with Crippen LogP contribution in [0.25, 0.3) is 11.4 Å². The van der Waals surface area contributed by atoms with Gasteiger partial charge in [-0.1, -0.05) is 38.1 Å². The van der Waals surface area contributed by atoms with Crippen molar-refractivity contribution in [3.8, 4) is 11.4 Å². The third-order valence-electron chi connectivity index (χ3n) is 5.67. The SMILES string of the molecule is CCN(CC)CCNc1nc2nc(n1)C1(CCc3ccc-2cc3)CC1. The number of nitrogens with one attached hydrogen (secondary N) is 1. The Balaban J connectivity index is 1.62. The molecule has 1 aromatic heterocycles. The molecule has 0 radical (unpaired) electrons. The van der Waals surface area contributed by atoms with Crippen LogP contribution < -0.4 is 5.32 Å². The quantitative estimate of drug-likeness (QED) is 0.877. The Kier molecular flexibility index (Phi) is 4.42. The highest BCUT2D eigenvalue weighted by Gasteiger charge is 2.47. The zero-order chi connectivity index (χ0) is 17.3. The van der Waals surface area contributed by atoms with Gasteiger partial charge in [-0.05, 0) is 44.3 Å². The van der Waals surface area contributed by atoms with E-state index in [1.165, 1.54) is 18.4 Å². The van der Waals surface area contributed by atoms with E-state index in [1.54, 1.807) is 0 Å². The fraction of sp³-hybridized carbons (Fsp3) is 0.550. The zero-order valence-corrected chi connectivity index (χ0v) is 15.3. The van der Waals surface area contributed by atoms with Crippen molar-refractivity contribution in [2.24, 2.45) is 0 Å². The van der Waals surface area contributed by atoms with Crippen molar-refractivity contribution in [3.05, 3.63) is 35.7 Å². The number of aromatic nitrogens is 3. The summed E-state index contributed by atoms with van der Waals surface area (Å²) in [4.78, 5) is 16.7. The summed E-state index contributed by atoms with van der Waals surface area (Å²) in [6.07, 6.45) is 4.64. The lowest BCUT2D eigenvalue weighted by atomic mass is 9.94. The highest BCUT2D eigenvalue weighted by Crippen LogP contribution is 2.50. The Bertz CT molecular complexity index is 732. The monoisotopic (exact) mass is 337 g/mol. The van der Waals surface area contributed by atoms with Gasteiger partial charge in [0, 0.05) is 24.1 Å². The first-order valence-electron chi connectivity index (χ1n) is 9.54. The molecule has 5 heteroatoms. The molecule has 5 nitrogen and oxygen atoms in total. The maximum Gasteiger partial charge on any atom is 0.226 e. The molecular weight excluding hydrogens is 310 g/mol. The van der Waals surface area contributed by atoms with Crippen LogP contribution in [0.15, 0.2) is 24.3 Å². The van der Waals surface area contributed by atoms with Gasteiger partial charge in [0.2, 0.25) is 5.95 Å². The molecule has 2 aromatic rings. The average molecular weight is 337 g/mol. The number of rotatable bonds is 6. The molecule has 3 heterocycles. The zero-order valence-electron chi connectivity index (χ0n) is 15.3. The fourth-order valence-electron chi connectivity index (χ4n) is 3.63. The maximum absolute atomic E-state index is 4.84. The van der Waals surface area contributed by atoms with Crippen LogP contribution in [0.5, 0.6) is 0 Å². The highest BCUT2D eigenvalue weighted by atomic mass is 15.2. The van der Waals surface area contributed by atoms with E-state index in [4.69, 9.17) is 15.0 Å². The van der Waals surface area contributed by atoms with Gasteiger partial charge in [-0.3, -0.25) is 0 Å². The Hall–Kier alpha value is -2.01. The van der Waals surface area contributed by atoms with Crippen LogP contribution in [0.1, 0.15) is 44.5 Å². The van der Waals surface area contributed by atoms with Crippen molar-refractivity contribution in [3.63, 3.8) is 0 Å². The molecule has 1 N–H and O–H groups in total. The molecule has 1 fully saturated rings. The second-order valence-electron chi connectivity index (χ2n) is 7.24. The van der Waals surface area contributed by atoms with Crippen LogP contribution in [-0.4, -0.2) is 46.0 Å². The molecule has 5 rings (SSSR count). The van der Waals surface area contributed by atoms with Gasteiger partial charge in [0.1, 0.15) is 5.82 Å². The third kappa shape index (κ3) is 3.38. The predicted molar refractivity (Wildman–Crippen MR) is 101 cm³/mol. The van der Waals surface area contributed by atoms with Crippen LogP contribution in [0.4, 0.5) is 5.95 Å². The number of fused-ring (bicyclic) bond motifs is 3. The largest absolute Gasteiger partial charge is 0.353 e. The van der Waals surface area contributed by atoms with Gasteiger partial charge in [-0.15, -0.1) is 0 Å². The Labute approximate surface area is 149 Å². The lowest BCUT2D eigenvalue weighted by Crippen LogP contribution is -2.29. The smallest absolute Gasteiger partial charge is 0.226 e. The molecule has 0 atom stereocenters. The first kappa shape index (κ1) is 16.5. The van der Waals surface area contributed by atoms with Gasteiger partial charge in [0.25, 0.3) is 0 Å². The molecule has 0 amide bonds. The third-order valence-corrected chi connectivity index (χ3v) is 5.67. The van der Waals surface area contributed by atoms with E-state index < -0.39 is 0 Å². The highest BCUT2D eigenvalue weighted by molar-refractivity contribution is 5.57. The van der Waals surface area contributed by atoms with Gasteiger partial charge in [0.05, 0.1) is 0 Å². The fourth-order valence-corrected chi connectivity index (χ4v) is 3.63. The van der Waals surface area contributed by atoms with Crippen molar-refractivity contribution in [2.45, 2.75) is 44.9 Å². The molecule has 25 heavy (non-hydrogen) atoms. The maximum atomic E-state index is 4.84. The molecule has 1 spiro atoms. The molecule has 0 saturated heterocycles. The average Bonchev–Trinajstić information content (AvgIpc) is 3.44. The van der Waals surface area contributed by atoms with Crippen molar-refractivity contribution in [1.82, 2.24) is 19.9 Å². The van der Waals surface area contributed by atoms with E-state index in [9.17, 15) is 0 Å². The summed E-state index contributed by atoms with van der Waals surface area (Å²) in [7, 11) is 0. The Morgan fingerprint density at radius 3 is 2.44 bits per heavy atom. The molecule has 1 saturated carbocycles. The number of anilines is 1. The molecule has 132 valence electrons. The van der Waals surface area contributed by atoms with E-state index in [1.807, 2.05) is 0 Å². The van der Waals surface area contributed by atoms with E-state index in [2.05, 4.69) is 48.3 Å². The normalized spacial score (nSPS) is 17.1. The number of nitrogens with zero attached hydrogens (tertiary/aromatic N) is 4. The van der Waals surface area contributed by atoms with Gasteiger partial charge in [0.15, 0.2) is 5.82 Å². The topological polar surface area (TPSA) is 53.9 Å². The molecule has 4 bridgehead atoms. The molecule has 1 aliphatic carbocycles. The molecular formula is C20H27N5. The lowest BCUT2D eigenvalue weighted by molar-refractivity contribution is 0.315. The van der Waals surface area contributed by atoms with Crippen molar-refractivity contribution in [2.75, 3.05) is 31.5 Å². The van der Waals surface area contributed by atoms with Crippen LogP contribution in [0.3, 0.4) is 0 Å². The van der Waals surface area contributed by atoms with Crippen molar-refractivity contribution in [1.29, 1.82) is 0 Å². The van der Waals surface area contributed by atoms with E-state index in [-0.39, 0.29) is 5.41 Å². The lowest BCUT2D eigenvalue weighted by Gasteiger charge is -2.20. The molecule has 1 aromatic carbocycles. The predicted octanol–water partition coefficient (Wildman–Crippen LogP) is 3.27. The van der Waals surface area contributed by atoms with E-state index in [0.717, 1.165) is 62.2 Å². The summed E-state index contributed by atoms with van der Waals surface area (Å²) < 4.78 is 0. The first-order valence-corrected chi connectivity index (χ1v) is 9.54. The van der Waals surface area contributed by atoms with E-state index >= 15 is 0 Å². The summed E-state index contributed by atoms with van der Waals surface area (Å²) in [5, 5.41) is 3.43. The minimum atomic E-state index is 0.180. The first-order chi connectivity index (χ1) is 12.2. The van der Waals surface area contributed by atoms with E-state index in [0.29, 0.717) is 0 Å². The second-order valence-corrected chi connectivity index (χ2v) is 7.24. The van der Waals surface area contributed by atoms with Gasteiger partial charge in [-0.2, -0.15) is 9.97 Å². The molecule has 2 aliphatic heterocycles. The molecule has 3 aliphatic rings. The van der Waals surface area contributed by atoms with Crippen LogP contribution in [-0.2, 0) is 11.8 Å². The summed E-state index contributed by atoms with van der Waals surface area (Å²) in [6, 6.07) is 8.71. The number of aryl methyl sites for hydroxylation is 1. The summed E-state index contributed by atoms with van der Waals surface area (Å²) >= 11 is 0.